The fraction of sp³-hybridized carbons (Fsp3) is 0.231. The van der Waals surface area contributed by atoms with Gasteiger partial charge in [0.15, 0.2) is 23.1 Å². The van der Waals surface area contributed by atoms with Crippen LogP contribution in [0, 0.1) is 13.8 Å². The second kappa shape index (κ2) is 9.21. The Morgan fingerprint density at radius 2 is 1.55 bits per heavy atom. The minimum absolute atomic E-state index is 0.0289. The van der Waals surface area contributed by atoms with Crippen LogP contribution in [-0.2, 0) is 5.41 Å². The maximum atomic E-state index is 11.3. The second-order valence-electron chi connectivity index (χ2n) is 8.70. The summed E-state index contributed by atoms with van der Waals surface area (Å²) in [5, 5.41) is 15.2. The molecular formula is C26H28ClN2OS+. The van der Waals surface area contributed by atoms with E-state index in [0.717, 1.165) is 11.3 Å². The molecule has 3 rings (SSSR count). The molecule has 0 saturated carbocycles. The second-order valence-corrected chi connectivity index (χ2v) is 9.55. The van der Waals surface area contributed by atoms with Gasteiger partial charge in [0, 0.05) is 28.4 Å². The molecular weight excluding hydrogens is 424 g/mol. The zero-order valence-electron chi connectivity index (χ0n) is 18.5. The summed E-state index contributed by atoms with van der Waals surface area (Å²) >= 11 is 11.7. The van der Waals surface area contributed by atoms with Crippen LogP contribution < -0.4 is 9.88 Å². The minimum atomic E-state index is 0.0289. The number of hydrogen-bond acceptors (Lipinski definition) is 2. The number of pyridine rings is 1. The highest BCUT2D eigenvalue weighted by molar-refractivity contribution is 7.81. The predicted molar refractivity (Wildman–Crippen MR) is 135 cm³/mol. The quantitative estimate of drug-likeness (QED) is 0.197. The van der Waals surface area contributed by atoms with Gasteiger partial charge in [-0.15, -0.1) is 0 Å². The average Bonchev–Trinajstić information content (AvgIpc) is 2.71. The van der Waals surface area contributed by atoms with Crippen molar-refractivity contribution >= 4 is 46.0 Å². The van der Waals surface area contributed by atoms with Crippen molar-refractivity contribution in [2.24, 2.45) is 0 Å². The van der Waals surface area contributed by atoms with E-state index in [0.29, 0.717) is 21.3 Å². The van der Waals surface area contributed by atoms with Crippen molar-refractivity contribution in [3.63, 3.8) is 0 Å². The smallest absolute Gasteiger partial charge is 0.288 e. The lowest BCUT2D eigenvalue weighted by atomic mass is 9.88. The normalized spacial score (nSPS) is 12.3. The van der Waals surface area contributed by atoms with Crippen LogP contribution in [0.3, 0.4) is 0 Å². The minimum Gasteiger partial charge on any atom is -0.502 e. The van der Waals surface area contributed by atoms with Crippen molar-refractivity contribution in [2.45, 2.75) is 40.0 Å². The van der Waals surface area contributed by atoms with Crippen molar-refractivity contribution in [1.82, 2.24) is 0 Å². The van der Waals surface area contributed by atoms with E-state index >= 15 is 0 Å². The molecule has 0 aliphatic heterocycles. The molecule has 0 spiro atoms. The predicted octanol–water partition coefficient (Wildman–Crippen LogP) is 6.87. The number of aryl methyl sites for hydroxylation is 2. The largest absolute Gasteiger partial charge is 0.502 e. The summed E-state index contributed by atoms with van der Waals surface area (Å²) in [5.74, 6) is 0.114. The number of anilines is 1. The van der Waals surface area contributed by atoms with Crippen LogP contribution in [0.15, 0.2) is 67.0 Å². The number of aliphatic hydroxyl groups is 1. The summed E-state index contributed by atoms with van der Waals surface area (Å²) in [6.07, 6.45) is 3.87. The zero-order valence-corrected chi connectivity index (χ0v) is 20.1. The number of halogens is 1. The van der Waals surface area contributed by atoms with E-state index in [9.17, 15) is 5.11 Å². The molecule has 2 N–H and O–H groups in total. The molecule has 160 valence electrons. The maximum absolute atomic E-state index is 11.3. The molecule has 0 amide bonds. The van der Waals surface area contributed by atoms with Gasteiger partial charge in [-0.2, -0.15) is 4.57 Å². The number of hydrogen-bond donors (Lipinski definition) is 2. The number of aliphatic hydroxyl groups excluding tert-OH is 1. The van der Waals surface area contributed by atoms with Crippen LogP contribution in [-0.4, -0.2) is 10.1 Å². The average molecular weight is 452 g/mol. The molecule has 1 heterocycles. The molecule has 0 aliphatic rings. The first-order valence-corrected chi connectivity index (χ1v) is 10.9. The van der Waals surface area contributed by atoms with E-state index in [4.69, 9.17) is 23.8 Å². The van der Waals surface area contributed by atoms with E-state index < -0.39 is 0 Å². The molecule has 5 heteroatoms. The van der Waals surface area contributed by atoms with Crippen molar-refractivity contribution in [3.8, 4) is 0 Å². The van der Waals surface area contributed by atoms with E-state index in [1.165, 1.54) is 11.1 Å². The van der Waals surface area contributed by atoms with E-state index in [2.05, 4.69) is 38.2 Å². The number of benzene rings is 2. The third-order valence-corrected chi connectivity index (χ3v) is 5.82. The highest BCUT2D eigenvalue weighted by Gasteiger charge is 2.25. The van der Waals surface area contributed by atoms with Gasteiger partial charge in [-0.25, -0.2) is 0 Å². The van der Waals surface area contributed by atoms with Crippen molar-refractivity contribution < 1.29 is 9.67 Å². The monoisotopic (exact) mass is 451 g/mol. The summed E-state index contributed by atoms with van der Waals surface area (Å²) in [4.78, 5) is 0.409. The standard InChI is InChI=1S/C26H27ClN2OS/c1-17-6-7-19(16-18(17)2)24(30)23(25(31)28-22-10-8-21(27)9-11-22)29-14-12-20(13-15-29)26(3,4)5/h6-16H,1-5H3,(H-,28,30,31)/p+1. The zero-order chi connectivity index (χ0) is 22.8. The van der Waals surface area contributed by atoms with Gasteiger partial charge in [0.2, 0.25) is 0 Å². The summed E-state index contributed by atoms with van der Waals surface area (Å²) in [5.41, 5.74) is 5.52. The SMILES string of the molecule is Cc1ccc(/C(O)=C(\C(=S)Nc2ccc(Cl)cc2)[n+]2ccc(C(C)(C)C)cc2)cc1C. The van der Waals surface area contributed by atoms with Crippen LogP contribution in [0.2, 0.25) is 5.02 Å². The summed E-state index contributed by atoms with van der Waals surface area (Å²) < 4.78 is 1.85. The number of thiocarbonyl (C=S) groups is 1. The molecule has 3 aromatic rings. The lowest BCUT2D eigenvalue weighted by Gasteiger charge is -2.18. The first-order valence-electron chi connectivity index (χ1n) is 10.2. The van der Waals surface area contributed by atoms with Gasteiger partial charge in [-0.05, 0) is 66.3 Å². The number of aromatic nitrogens is 1. The topological polar surface area (TPSA) is 36.1 Å². The molecule has 31 heavy (non-hydrogen) atoms. The molecule has 1 aromatic heterocycles. The lowest BCUT2D eigenvalue weighted by Crippen LogP contribution is -2.39. The molecule has 0 fully saturated rings. The van der Waals surface area contributed by atoms with Crippen LogP contribution in [0.4, 0.5) is 5.69 Å². The molecule has 0 radical (unpaired) electrons. The fourth-order valence-corrected chi connectivity index (χ4v) is 3.62. The summed E-state index contributed by atoms with van der Waals surface area (Å²) in [6.45, 7) is 10.6. The van der Waals surface area contributed by atoms with Crippen LogP contribution in [0.25, 0.3) is 11.5 Å². The fourth-order valence-electron chi connectivity index (χ4n) is 3.17. The molecule has 3 nitrogen and oxygen atoms in total. The molecule has 0 unspecified atom stereocenters. The Bertz CT molecular complexity index is 1130. The highest BCUT2D eigenvalue weighted by Crippen LogP contribution is 2.24. The van der Waals surface area contributed by atoms with Gasteiger partial charge in [0.1, 0.15) is 0 Å². The van der Waals surface area contributed by atoms with Gasteiger partial charge in [0.05, 0.1) is 0 Å². The highest BCUT2D eigenvalue weighted by atomic mass is 35.5. The third kappa shape index (κ3) is 5.52. The Kier molecular flexibility index (Phi) is 6.83. The number of nitrogens with zero attached hydrogens (tertiary/aromatic N) is 1. The molecule has 0 atom stereocenters. The van der Waals surface area contributed by atoms with E-state index in [1.54, 1.807) is 12.1 Å². The van der Waals surface area contributed by atoms with Crippen molar-refractivity contribution in [3.05, 3.63) is 94.3 Å². The number of rotatable bonds is 4. The lowest BCUT2D eigenvalue weighted by molar-refractivity contribution is -0.575. The Morgan fingerprint density at radius 1 is 0.935 bits per heavy atom. The van der Waals surface area contributed by atoms with Gasteiger partial charge >= 0.3 is 0 Å². The summed E-state index contributed by atoms with van der Waals surface area (Å²) in [7, 11) is 0. The van der Waals surface area contributed by atoms with E-state index in [1.807, 2.05) is 61.1 Å². The van der Waals surface area contributed by atoms with Gasteiger partial charge in [0.25, 0.3) is 5.70 Å². The Balaban J connectivity index is 2.09. The van der Waals surface area contributed by atoms with E-state index in [-0.39, 0.29) is 11.2 Å². The number of nitrogens with one attached hydrogen (secondary N) is 1. The molecule has 0 aliphatic carbocycles. The maximum Gasteiger partial charge on any atom is 0.288 e. The van der Waals surface area contributed by atoms with Gasteiger partial charge in [-0.3, -0.25) is 0 Å². The van der Waals surface area contributed by atoms with Gasteiger partial charge < -0.3 is 10.4 Å². The van der Waals surface area contributed by atoms with Gasteiger partial charge in [-0.1, -0.05) is 56.7 Å². The Hall–Kier alpha value is -2.69. The molecule has 0 saturated heterocycles. The summed E-state index contributed by atoms with van der Waals surface area (Å²) in [6, 6.07) is 17.3. The Labute approximate surface area is 195 Å². The first kappa shape index (κ1) is 23.0. The van der Waals surface area contributed by atoms with Crippen molar-refractivity contribution in [1.29, 1.82) is 0 Å². The van der Waals surface area contributed by atoms with Crippen LogP contribution in [0.5, 0.6) is 0 Å². The molecule has 0 bridgehead atoms. The Morgan fingerprint density at radius 3 is 2.10 bits per heavy atom. The van der Waals surface area contributed by atoms with Crippen LogP contribution in [0.1, 0.15) is 43.0 Å². The first-order chi connectivity index (χ1) is 14.6. The van der Waals surface area contributed by atoms with Crippen molar-refractivity contribution in [2.75, 3.05) is 5.32 Å². The molecule has 2 aromatic carbocycles. The third-order valence-electron chi connectivity index (χ3n) is 5.28. The van der Waals surface area contributed by atoms with Crippen LogP contribution >= 0.6 is 23.8 Å².